The van der Waals surface area contributed by atoms with Crippen molar-refractivity contribution >= 4 is 5.91 Å². The first-order chi connectivity index (χ1) is 8.33. The highest BCUT2D eigenvalue weighted by atomic mass is 16.2. The molecule has 0 N–H and O–H groups in total. The van der Waals surface area contributed by atoms with Crippen LogP contribution in [0, 0.1) is 11.8 Å². The fraction of sp³-hybridized carbons (Fsp3) is 0.929. The van der Waals surface area contributed by atoms with E-state index in [1.54, 1.807) is 0 Å². The molecule has 3 heteroatoms. The Morgan fingerprint density at radius 2 is 1.82 bits per heavy atom. The van der Waals surface area contributed by atoms with Crippen molar-refractivity contribution in [3.05, 3.63) is 0 Å². The minimum atomic E-state index is 0.447. The summed E-state index contributed by atoms with van der Waals surface area (Å²) in [4.78, 5) is 17.1. The Balaban J connectivity index is 1.62. The van der Waals surface area contributed by atoms with Crippen molar-refractivity contribution in [2.24, 2.45) is 11.8 Å². The van der Waals surface area contributed by atoms with Crippen LogP contribution in [0.3, 0.4) is 0 Å². The summed E-state index contributed by atoms with van der Waals surface area (Å²) in [6.45, 7) is 3.66. The van der Waals surface area contributed by atoms with Crippen LogP contribution in [-0.4, -0.2) is 47.4 Å². The molecule has 4 rings (SSSR count). The maximum atomic E-state index is 12.1. The first-order valence-corrected chi connectivity index (χ1v) is 7.36. The Bertz CT molecular complexity index is 343. The number of piperidine rings is 3. The van der Waals surface area contributed by atoms with Gasteiger partial charge >= 0.3 is 0 Å². The van der Waals surface area contributed by atoms with Gasteiger partial charge < -0.3 is 4.90 Å². The largest absolute Gasteiger partial charge is 0.339 e. The van der Waals surface area contributed by atoms with E-state index in [9.17, 15) is 4.79 Å². The van der Waals surface area contributed by atoms with Gasteiger partial charge in [-0.15, -0.1) is 0 Å². The highest BCUT2D eigenvalue weighted by molar-refractivity contribution is 5.77. The molecule has 4 unspecified atom stereocenters. The molecule has 2 bridgehead atoms. The van der Waals surface area contributed by atoms with Crippen molar-refractivity contribution in [2.75, 3.05) is 19.6 Å². The molecule has 0 aromatic heterocycles. The van der Waals surface area contributed by atoms with Crippen LogP contribution in [0.5, 0.6) is 0 Å². The van der Waals surface area contributed by atoms with Crippen LogP contribution in [0.1, 0.15) is 38.5 Å². The van der Waals surface area contributed by atoms with E-state index in [0.29, 0.717) is 11.9 Å². The van der Waals surface area contributed by atoms with Gasteiger partial charge in [-0.2, -0.15) is 0 Å². The first kappa shape index (κ1) is 10.4. The molecule has 0 aromatic carbocycles. The lowest BCUT2D eigenvalue weighted by atomic mass is 9.73. The standard InChI is InChI=1S/C14H22N2O/c17-14-5-1-3-13-10-7-11(9-16(13)14)12-4-2-6-15(12)8-10/h10-13H,1-9H2. The quantitative estimate of drug-likeness (QED) is 0.634. The van der Waals surface area contributed by atoms with Gasteiger partial charge in [0, 0.05) is 31.6 Å². The summed E-state index contributed by atoms with van der Waals surface area (Å²) in [5, 5.41) is 0. The maximum absolute atomic E-state index is 12.1. The highest BCUT2D eigenvalue weighted by Crippen LogP contribution is 2.43. The van der Waals surface area contributed by atoms with E-state index >= 15 is 0 Å². The molecular formula is C14H22N2O. The summed E-state index contributed by atoms with van der Waals surface area (Å²) in [6.07, 6.45) is 7.36. The summed E-state index contributed by atoms with van der Waals surface area (Å²) in [7, 11) is 0. The third-order valence-corrected chi connectivity index (χ3v) is 5.62. The average Bonchev–Trinajstić information content (AvgIpc) is 2.79. The lowest BCUT2D eigenvalue weighted by Gasteiger charge is -2.54. The molecule has 94 valence electrons. The monoisotopic (exact) mass is 234 g/mol. The van der Waals surface area contributed by atoms with Crippen molar-refractivity contribution < 1.29 is 4.79 Å². The highest BCUT2D eigenvalue weighted by Gasteiger charge is 2.48. The van der Waals surface area contributed by atoms with Gasteiger partial charge in [-0.05, 0) is 50.5 Å². The second kappa shape index (κ2) is 3.71. The molecule has 4 fully saturated rings. The Morgan fingerprint density at radius 1 is 1.00 bits per heavy atom. The lowest BCUT2D eigenvalue weighted by Crippen LogP contribution is -2.62. The molecule has 4 heterocycles. The van der Waals surface area contributed by atoms with Crippen LogP contribution in [0.15, 0.2) is 0 Å². The van der Waals surface area contributed by atoms with Crippen LogP contribution < -0.4 is 0 Å². The van der Waals surface area contributed by atoms with E-state index in [0.717, 1.165) is 37.3 Å². The van der Waals surface area contributed by atoms with Gasteiger partial charge in [0.15, 0.2) is 0 Å². The lowest BCUT2D eigenvalue weighted by molar-refractivity contribution is -0.146. The van der Waals surface area contributed by atoms with Crippen LogP contribution in [-0.2, 0) is 4.79 Å². The van der Waals surface area contributed by atoms with Gasteiger partial charge in [0.2, 0.25) is 5.91 Å². The van der Waals surface area contributed by atoms with Gasteiger partial charge in [0.25, 0.3) is 0 Å². The second-order valence-electron chi connectivity index (χ2n) is 6.47. The number of carbonyl (C=O) groups is 1. The molecule has 0 spiro atoms. The number of hydrogen-bond donors (Lipinski definition) is 0. The third-order valence-electron chi connectivity index (χ3n) is 5.62. The predicted octanol–water partition coefficient (Wildman–Crippen LogP) is 1.48. The number of amides is 1. The van der Waals surface area contributed by atoms with E-state index in [4.69, 9.17) is 0 Å². The molecule has 3 nitrogen and oxygen atoms in total. The number of nitrogens with zero attached hydrogens (tertiary/aromatic N) is 2. The summed E-state index contributed by atoms with van der Waals surface area (Å²) >= 11 is 0. The van der Waals surface area contributed by atoms with Gasteiger partial charge in [0.1, 0.15) is 0 Å². The summed E-state index contributed by atoms with van der Waals surface area (Å²) in [6, 6.07) is 1.40. The first-order valence-electron chi connectivity index (χ1n) is 7.36. The zero-order chi connectivity index (χ0) is 11.4. The zero-order valence-corrected chi connectivity index (χ0v) is 10.5. The van der Waals surface area contributed by atoms with Crippen LogP contribution >= 0.6 is 0 Å². The molecule has 17 heavy (non-hydrogen) atoms. The molecule has 1 amide bonds. The maximum Gasteiger partial charge on any atom is 0.222 e. The predicted molar refractivity (Wildman–Crippen MR) is 65.5 cm³/mol. The molecule has 0 radical (unpaired) electrons. The minimum absolute atomic E-state index is 0.447. The molecule has 0 saturated carbocycles. The molecule has 4 saturated heterocycles. The molecule has 4 aliphatic rings. The number of hydrogen-bond acceptors (Lipinski definition) is 2. The smallest absolute Gasteiger partial charge is 0.222 e. The van der Waals surface area contributed by atoms with Crippen LogP contribution in [0.4, 0.5) is 0 Å². The number of rotatable bonds is 0. The van der Waals surface area contributed by atoms with Crippen molar-refractivity contribution in [3.8, 4) is 0 Å². The summed E-state index contributed by atoms with van der Waals surface area (Å²) < 4.78 is 0. The fourth-order valence-electron chi connectivity index (χ4n) is 4.94. The van der Waals surface area contributed by atoms with Crippen LogP contribution in [0.25, 0.3) is 0 Å². The Hall–Kier alpha value is -0.570. The van der Waals surface area contributed by atoms with Gasteiger partial charge in [0.05, 0.1) is 0 Å². The molecular weight excluding hydrogens is 212 g/mol. The van der Waals surface area contributed by atoms with E-state index in [-0.39, 0.29) is 0 Å². The molecule has 4 aliphatic heterocycles. The normalized spacial score (nSPS) is 45.6. The average molecular weight is 234 g/mol. The van der Waals surface area contributed by atoms with Crippen molar-refractivity contribution in [1.82, 2.24) is 9.80 Å². The van der Waals surface area contributed by atoms with Crippen LogP contribution in [0.2, 0.25) is 0 Å². The minimum Gasteiger partial charge on any atom is -0.339 e. The van der Waals surface area contributed by atoms with Crippen molar-refractivity contribution in [2.45, 2.75) is 50.6 Å². The number of carbonyl (C=O) groups excluding carboxylic acids is 1. The number of fused-ring (bicyclic) bond motifs is 6. The second-order valence-corrected chi connectivity index (χ2v) is 6.47. The van der Waals surface area contributed by atoms with E-state index in [1.165, 1.54) is 38.8 Å². The molecule has 4 atom stereocenters. The van der Waals surface area contributed by atoms with Gasteiger partial charge in [-0.1, -0.05) is 0 Å². The summed E-state index contributed by atoms with van der Waals surface area (Å²) in [5.74, 6) is 2.02. The van der Waals surface area contributed by atoms with E-state index in [1.807, 2.05) is 0 Å². The SMILES string of the molecule is O=C1CCCC2C3CC(CN12)C1CCCN1C3. The van der Waals surface area contributed by atoms with Gasteiger partial charge in [-0.3, -0.25) is 9.69 Å². The van der Waals surface area contributed by atoms with E-state index < -0.39 is 0 Å². The van der Waals surface area contributed by atoms with E-state index in [2.05, 4.69) is 9.80 Å². The Morgan fingerprint density at radius 3 is 2.76 bits per heavy atom. The molecule has 0 aliphatic carbocycles. The van der Waals surface area contributed by atoms with Crippen molar-refractivity contribution in [1.29, 1.82) is 0 Å². The molecule has 0 aromatic rings. The zero-order valence-electron chi connectivity index (χ0n) is 10.5. The Kier molecular flexibility index (Phi) is 2.26. The van der Waals surface area contributed by atoms with Crippen molar-refractivity contribution in [3.63, 3.8) is 0 Å². The Labute approximate surface area is 103 Å². The fourth-order valence-corrected chi connectivity index (χ4v) is 4.94. The van der Waals surface area contributed by atoms with Gasteiger partial charge in [-0.25, -0.2) is 0 Å². The third kappa shape index (κ3) is 1.48. The summed E-state index contributed by atoms with van der Waals surface area (Å²) in [5.41, 5.74) is 0. The topological polar surface area (TPSA) is 23.6 Å².